The summed E-state index contributed by atoms with van der Waals surface area (Å²) in [6.45, 7) is 5.52. The van der Waals surface area contributed by atoms with E-state index in [0.717, 1.165) is 48.8 Å². The number of anilines is 1. The topological polar surface area (TPSA) is 39.3 Å². The van der Waals surface area contributed by atoms with E-state index >= 15 is 0 Å². The summed E-state index contributed by atoms with van der Waals surface area (Å²) < 4.78 is 0. The molecule has 2 fully saturated rings. The van der Waals surface area contributed by atoms with Crippen molar-refractivity contribution < 1.29 is 4.79 Å². The smallest absolute Gasteiger partial charge is 0.253 e. The minimum absolute atomic E-state index is 0.136. The summed E-state index contributed by atoms with van der Waals surface area (Å²) in [5.74, 6) is 0.875. The average Bonchev–Trinajstić information content (AvgIpc) is 3.47. The summed E-state index contributed by atoms with van der Waals surface area (Å²) in [6, 6.07) is 16.8. The van der Waals surface area contributed by atoms with E-state index in [-0.39, 0.29) is 5.91 Å². The predicted octanol–water partition coefficient (Wildman–Crippen LogP) is 4.83. The lowest BCUT2D eigenvalue weighted by molar-refractivity contribution is 0.0747. The van der Waals surface area contributed by atoms with Crippen LogP contribution in [0.4, 0.5) is 5.69 Å². The molecule has 0 atom stereocenters. The number of piperazine rings is 1. The van der Waals surface area contributed by atoms with Crippen molar-refractivity contribution >= 4 is 11.6 Å². The van der Waals surface area contributed by atoms with Gasteiger partial charge in [0.1, 0.15) is 0 Å². The zero-order valence-corrected chi connectivity index (χ0v) is 16.9. The maximum atomic E-state index is 13.0. The van der Waals surface area contributed by atoms with Crippen LogP contribution in [0.15, 0.2) is 60.9 Å². The summed E-state index contributed by atoms with van der Waals surface area (Å²) in [7, 11) is 0. The number of H-pyrrole nitrogens is 1. The Bertz CT molecular complexity index is 995. The standard InChI is InChI=1S/C25H27N3O/c1-18-2-9-24(23(16-18)20-5-6-20)27-12-14-28(15-13-27)25(29)21-7-3-19(4-8-21)22-10-11-26-17-22/h2-4,7-11,16-17,20,26H,5-6,12-15H2,1H3. The molecule has 1 amide bonds. The van der Waals surface area contributed by atoms with Crippen molar-refractivity contribution in [2.45, 2.75) is 25.7 Å². The van der Waals surface area contributed by atoms with Gasteiger partial charge in [-0.05, 0) is 66.6 Å². The van der Waals surface area contributed by atoms with Crippen LogP contribution in [0.3, 0.4) is 0 Å². The van der Waals surface area contributed by atoms with Crippen LogP contribution >= 0.6 is 0 Å². The van der Waals surface area contributed by atoms with Crippen molar-refractivity contribution in [2.24, 2.45) is 0 Å². The lowest BCUT2D eigenvalue weighted by Gasteiger charge is -2.37. The van der Waals surface area contributed by atoms with Crippen molar-refractivity contribution in [1.82, 2.24) is 9.88 Å². The molecule has 148 valence electrons. The molecule has 5 rings (SSSR count). The van der Waals surface area contributed by atoms with E-state index < -0.39 is 0 Å². The van der Waals surface area contributed by atoms with Crippen LogP contribution in [0, 0.1) is 6.92 Å². The normalized spacial score (nSPS) is 16.9. The van der Waals surface area contributed by atoms with Crippen LogP contribution in [0.25, 0.3) is 11.1 Å². The van der Waals surface area contributed by atoms with Gasteiger partial charge in [-0.2, -0.15) is 0 Å². The van der Waals surface area contributed by atoms with Gasteiger partial charge in [0, 0.05) is 49.8 Å². The fraction of sp³-hybridized carbons (Fsp3) is 0.320. The van der Waals surface area contributed by atoms with Crippen LogP contribution < -0.4 is 4.90 Å². The Hall–Kier alpha value is -3.01. The highest BCUT2D eigenvalue weighted by Gasteiger charge is 2.29. The maximum absolute atomic E-state index is 13.0. The molecular weight excluding hydrogens is 358 g/mol. The number of benzene rings is 2. The molecule has 2 aromatic carbocycles. The first-order valence-electron chi connectivity index (χ1n) is 10.6. The Morgan fingerprint density at radius 3 is 2.34 bits per heavy atom. The fourth-order valence-electron chi connectivity index (χ4n) is 4.32. The van der Waals surface area contributed by atoms with E-state index in [0.29, 0.717) is 0 Å². The second-order valence-corrected chi connectivity index (χ2v) is 8.29. The third-order valence-corrected chi connectivity index (χ3v) is 6.17. The fourth-order valence-corrected chi connectivity index (χ4v) is 4.32. The van der Waals surface area contributed by atoms with Crippen LogP contribution in [0.1, 0.15) is 40.2 Å². The Kier molecular flexibility index (Phi) is 4.62. The zero-order chi connectivity index (χ0) is 19.8. The summed E-state index contributed by atoms with van der Waals surface area (Å²) in [4.78, 5) is 20.5. The van der Waals surface area contributed by atoms with E-state index in [2.05, 4.69) is 35.0 Å². The van der Waals surface area contributed by atoms with Crippen molar-refractivity contribution in [3.63, 3.8) is 0 Å². The summed E-state index contributed by atoms with van der Waals surface area (Å²) in [5.41, 5.74) is 7.26. The number of aromatic nitrogens is 1. The molecule has 0 bridgehead atoms. The highest BCUT2D eigenvalue weighted by Crippen LogP contribution is 2.44. The van der Waals surface area contributed by atoms with Crippen LogP contribution in [-0.2, 0) is 0 Å². The van der Waals surface area contributed by atoms with Crippen LogP contribution in [0.5, 0.6) is 0 Å². The molecule has 1 saturated heterocycles. The number of aryl methyl sites for hydroxylation is 1. The molecule has 4 heteroatoms. The highest BCUT2D eigenvalue weighted by molar-refractivity contribution is 5.95. The second kappa shape index (κ2) is 7.43. The predicted molar refractivity (Wildman–Crippen MR) is 117 cm³/mol. The number of aromatic amines is 1. The van der Waals surface area contributed by atoms with E-state index in [9.17, 15) is 4.79 Å². The quantitative estimate of drug-likeness (QED) is 0.699. The number of hydrogen-bond donors (Lipinski definition) is 1. The van der Waals surface area contributed by atoms with Gasteiger partial charge < -0.3 is 14.8 Å². The van der Waals surface area contributed by atoms with Gasteiger partial charge in [-0.3, -0.25) is 4.79 Å². The van der Waals surface area contributed by atoms with Crippen molar-refractivity contribution in [1.29, 1.82) is 0 Å². The van der Waals surface area contributed by atoms with Gasteiger partial charge in [-0.25, -0.2) is 0 Å². The van der Waals surface area contributed by atoms with Crippen molar-refractivity contribution in [3.05, 3.63) is 77.6 Å². The van der Waals surface area contributed by atoms with E-state index in [1.807, 2.05) is 47.6 Å². The van der Waals surface area contributed by atoms with Gasteiger partial charge in [-0.1, -0.05) is 29.8 Å². The molecular formula is C25H27N3O. The number of carbonyl (C=O) groups excluding carboxylic acids is 1. The number of nitrogens with one attached hydrogen (secondary N) is 1. The molecule has 0 unspecified atom stereocenters. The van der Waals surface area contributed by atoms with E-state index in [1.165, 1.54) is 29.7 Å². The van der Waals surface area contributed by atoms with Gasteiger partial charge in [0.25, 0.3) is 5.91 Å². The van der Waals surface area contributed by atoms with Crippen LogP contribution in [-0.4, -0.2) is 42.0 Å². The van der Waals surface area contributed by atoms with Gasteiger partial charge in [0.15, 0.2) is 0 Å². The van der Waals surface area contributed by atoms with Gasteiger partial charge in [0.2, 0.25) is 0 Å². The van der Waals surface area contributed by atoms with Crippen LogP contribution in [0.2, 0.25) is 0 Å². The lowest BCUT2D eigenvalue weighted by Crippen LogP contribution is -2.49. The average molecular weight is 386 g/mol. The van der Waals surface area contributed by atoms with E-state index in [1.54, 1.807) is 0 Å². The molecule has 2 aliphatic rings. The van der Waals surface area contributed by atoms with Gasteiger partial charge in [-0.15, -0.1) is 0 Å². The molecule has 0 radical (unpaired) electrons. The molecule has 1 saturated carbocycles. The zero-order valence-electron chi connectivity index (χ0n) is 16.9. The molecule has 1 N–H and O–H groups in total. The summed E-state index contributed by atoms with van der Waals surface area (Å²) >= 11 is 0. The third kappa shape index (κ3) is 3.67. The molecule has 0 spiro atoms. The monoisotopic (exact) mass is 385 g/mol. The minimum atomic E-state index is 0.136. The van der Waals surface area contributed by atoms with Crippen molar-refractivity contribution in [2.75, 3.05) is 31.1 Å². The van der Waals surface area contributed by atoms with Crippen molar-refractivity contribution in [3.8, 4) is 11.1 Å². The molecule has 1 aliphatic heterocycles. The Morgan fingerprint density at radius 2 is 1.69 bits per heavy atom. The number of rotatable bonds is 4. The first kappa shape index (κ1) is 18.0. The number of carbonyl (C=O) groups is 1. The maximum Gasteiger partial charge on any atom is 0.253 e. The summed E-state index contributed by atoms with van der Waals surface area (Å²) in [5, 5.41) is 0. The first-order chi connectivity index (χ1) is 14.2. The molecule has 1 aliphatic carbocycles. The number of amides is 1. The molecule has 4 nitrogen and oxygen atoms in total. The highest BCUT2D eigenvalue weighted by atomic mass is 16.2. The SMILES string of the molecule is Cc1ccc(N2CCN(C(=O)c3ccc(-c4cc[nH]c4)cc3)CC2)c(C2CC2)c1. The largest absolute Gasteiger partial charge is 0.368 e. The Balaban J connectivity index is 1.25. The number of nitrogens with zero attached hydrogens (tertiary/aromatic N) is 2. The third-order valence-electron chi connectivity index (χ3n) is 6.17. The Morgan fingerprint density at radius 1 is 0.931 bits per heavy atom. The number of hydrogen-bond acceptors (Lipinski definition) is 2. The minimum Gasteiger partial charge on any atom is -0.368 e. The van der Waals surface area contributed by atoms with E-state index in [4.69, 9.17) is 0 Å². The second-order valence-electron chi connectivity index (χ2n) is 8.29. The van der Waals surface area contributed by atoms with Gasteiger partial charge >= 0.3 is 0 Å². The lowest BCUT2D eigenvalue weighted by atomic mass is 10.0. The van der Waals surface area contributed by atoms with Gasteiger partial charge in [0.05, 0.1) is 0 Å². The molecule has 3 aromatic rings. The Labute approximate surface area is 172 Å². The molecule has 29 heavy (non-hydrogen) atoms. The molecule has 2 heterocycles. The molecule has 1 aromatic heterocycles. The summed E-state index contributed by atoms with van der Waals surface area (Å²) in [6.07, 6.45) is 6.51. The first-order valence-corrected chi connectivity index (χ1v) is 10.6.